The molecule has 0 aliphatic rings. The van der Waals surface area contributed by atoms with Gasteiger partial charge in [0, 0.05) is 21.2 Å². The van der Waals surface area contributed by atoms with Crippen molar-refractivity contribution >= 4 is 37.5 Å². The lowest BCUT2D eigenvalue weighted by atomic mass is 10.2. The predicted molar refractivity (Wildman–Crippen MR) is 80.3 cm³/mol. The standard InChI is InChI=1S/C14H13Br2N/c1-10-8-13(6-7-14(10)16)17-9-11-2-4-12(15)5-3-11/h2-8,17H,9H2,1H3. The smallest absolute Gasteiger partial charge is 0.0400 e. The summed E-state index contributed by atoms with van der Waals surface area (Å²) < 4.78 is 2.26. The summed E-state index contributed by atoms with van der Waals surface area (Å²) >= 11 is 6.93. The van der Waals surface area contributed by atoms with Gasteiger partial charge in [0.05, 0.1) is 0 Å². The molecule has 2 aromatic carbocycles. The Labute approximate surface area is 119 Å². The minimum absolute atomic E-state index is 0.842. The first-order valence-corrected chi connectivity index (χ1v) is 6.98. The second kappa shape index (κ2) is 5.69. The van der Waals surface area contributed by atoms with Gasteiger partial charge in [-0.3, -0.25) is 0 Å². The van der Waals surface area contributed by atoms with Gasteiger partial charge in [-0.2, -0.15) is 0 Å². The molecular weight excluding hydrogens is 342 g/mol. The molecule has 2 rings (SSSR count). The predicted octanol–water partition coefficient (Wildman–Crippen LogP) is 5.13. The summed E-state index contributed by atoms with van der Waals surface area (Å²) in [4.78, 5) is 0. The maximum Gasteiger partial charge on any atom is 0.0400 e. The average molecular weight is 355 g/mol. The monoisotopic (exact) mass is 353 g/mol. The van der Waals surface area contributed by atoms with Crippen LogP contribution >= 0.6 is 31.9 Å². The third-order valence-corrected chi connectivity index (χ3v) is 3.99. The molecule has 17 heavy (non-hydrogen) atoms. The van der Waals surface area contributed by atoms with Gasteiger partial charge in [-0.1, -0.05) is 44.0 Å². The van der Waals surface area contributed by atoms with E-state index in [0.717, 1.165) is 21.2 Å². The van der Waals surface area contributed by atoms with E-state index >= 15 is 0 Å². The topological polar surface area (TPSA) is 12.0 Å². The highest BCUT2D eigenvalue weighted by molar-refractivity contribution is 9.10. The summed E-state index contributed by atoms with van der Waals surface area (Å²) in [7, 11) is 0. The first-order valence-electron chi connectivity index (χ1n) is 5.39. The highest BCUT2D eigenvalue weighted by Gasteiger charge is 1.97. The van der Waals surface area contributed by atoms with Crippen molar-refractivity contribution in [2.45, 2.75) is 13.5 Å². The van der Waals surface area contributed by atoms with Crippen molar-refractivity contribution in [2.75, 3.05) is 5.32 Å². The first kappa shape index (κ1) is 12.7. The van der Waals surface area contributed by atoms with E-state index in [1.165, 1.54) is 11.1 Å². The van der Waals surface area contributed by atoms with Crippen LogP contribution < -0.4 is 5.32 Å². The number of nitrogens with one attached hydrogen (secondary N) is 1. The van der Waals surface area contributed by atoms with Crippen LogP contribution in [0.2, 0.25) is 0 Å². The van der Waals surface area contributed by atoms with Gasteiger partial charge in [0.15, 0.2) is 0 Å². The molecular formula is C14H13Br2N. The maximum atomic E-state index is 3.50. The number of anilines is 1. The average Bonchev–Trinajstić information content (AvgIpc) is 2.33. The van der Waals surface area contributed by atoms with Crippen molar-refractivity contribution in [3.8, 4) is 0 Å². The minimum Gasteiger partial charge on any atom is -0.381 e. The van der Waals surface area contributed by atoms with E-state index in [0.29, 0.717) is 0 Å². The zero-order valence-electron chi connectivity index (χ0n) is 9.50. The Morgan fingerprint density at radius 1 is 1.00 bits per heavy atom. The summed E-state index contributed by atoms with van der Waals surface area (Å²) in [5.41, 5.74) is 3.66. The highest BCUT2D eigenvalue weighted by atomic mass is 79.9. The summed E-state index contributed by atoms with van der Waals surface area (Å²) in [5.74, 6) is 0. The number of hydrogen-bond acceptors (Lipinski definition) is 1. The fourth-order valence-electron chi connectivity index (χ4n) is 1.56. The van der Waals surface area contributed by atoms with Crippen LogP contribution in [0.25, 0.3) is 0 Å². The highest BCUT2D eigenvalue weighted by Crippen LogP contribution is 2.20. The zero-order chi connectivity index (χ0) is 12.3. The Hall–Kier alpha value is -0.800. The minimum atomic E-state index is 0.842. The van der Waals surface area contributed by atoms with E-state index in [9.17, 15) is 0 Å². The third-order valence-electron chi connectivity index (χ3n) is 2.57. The molecule has 0 heterocycles. The van der Waals surface area contributed by atoms with Crippen LogP contribution in [-0.2, 0) is 6.54 Å². The number of halogens is 2. The van der Waals surface area contributed by atoms with Gasteiger partial charge in [-0.05, 0) is 48.4 Å². The fraction of sp³-hybridized carbons (Fsp3) is 0.143. The molecule has 0 radical (unpaired) electrons. The van der Waals surface area contributed by atoms with Gasteiger partial charge in [0.2, 0.25) is 0 Å². The largest absolute Gasteiger partial charge is 0.381 e. The number of aryl methyl sites for hydroxylation is 1. The maximum absolute atomic E-state index is 3.50. The molecule has 0 bridgehead atoms. The van der Waals surface area contributed by atoms with E-state index in [1.807, 2.05) is 0 Å². The van der Waals surface area contributed by atoms with Gasteiger partial charge in [0.25, 0.3) is 0 Å². The Kier molecular flexibility index (Phi) is 4.24. The van der Waals surface area contributed by atoms with E-state index in [4.69, 9.17) is 0 Å². The second-order valence-corrected chi connectivity index (χ2v) is 5.71. The quantitative estimate of drug-likeness (QED) is 0.805. The number of benzene rings is 2. The summed E-state index contributed by atoms with van der Waals surface area (Å²) in [6.07, 6.45) is 0. The van der Waals surface area contributed by atoms with Gasteiger partial charge < -0.3 is 5.32 Å². The van der Waals surface area contributed by atoms with Crippen LogP contribution in [0.3, 0.4) is 0 Å². The van der Waals surface area contributed by atoms with E-state index in [-0.39, 0.29) is 0 Å². The van der Waals surface area contributed by atoms with Crippen molar-refractivity contribution < 1.29 is 0 Å². The van der Waals surface area contributed by atoms with Crippen LogP contribution in [0, 0.1) is 6.92 Å². The Morgan fingerprint density at radius 3 is 2.35 bits per heavy atom. The first-order chi connectivity index (χ1) is 8.15. The summed E-state index contributed by atoms with van der Waals surface area (Å²) in [5, 5.41) is 3.41. The molecule has 0 atom stereocenters. The molecule has 3 heteroatoms. The zero-order valence-corrected chi connectivity index (χ0v) is 12.7. The molecule has 2 aromatic rings. The van der Waals surface area contributed by atoms with Gasteiger partial charge >= 0.3 is 0 Å². The van der Waals surface area contributed by atoms with E-state index in [1.54, 1.807) is 0 Å². The normalized spacial score (nSPS) is 10.3. The second-order valence-electron chi connectivity index (χ2n) is 3.94. The molecule has 0 saturated carbocycles. The molecule has 0 amide bonds. The third kappa shape index (κ3) is 3.58. The van der Waals surface area contributed by atoms with Crippen LogP contribution in [-0.4, -0.2) is 0 Å². The van der Waals surface area contributed by atoms with Gasteiger partial charge in [0.1, 0.15) is 0 Å². The van der Waals surface area contributed by atoms with Crippen LogP contribution in [0.15, 0.2) is 51.4 Å². The molecule has 0 spiro atoms. The van der Waals surface area contributed by atoms with Crippen molar-refractivity contribution in [3.05, 3.63) is 62.5 Å². The van der Waals surface area contributed by atoms with Crippen LogP contribution in [0.4, 0.5) is 5.69 Å². The molecule has 0 saturated heterocycles. The van der Waals surface area contributed by atoms with Gasteiger partial charge in [-0.15, -0.1) is 0 Å². The molecule has 0 aliphatic heterocycles. The lowest BCUT2D eigenvalue weighted by molar-refractivity contribution is 1.14. The van der Waals surface area contributed by atoms with Gasteiger partial charge in [-0.25, -0.2) is 0 Å². The van der Waals surface area contributed by atoms with Crippen molar-refractivity contribution in [1.29, 1.82) is 0 Å². The van der Waals surface area contributed by atoms with Crippen LogP contribution in [0.5, 0.6) is 0 Å². The lowest BCUT2D eigenvalue weighted by Gasteiger charge is -2.08. The fourth-order valence-corrected chi connectivity index (χ4v) is 2.07. The molecule has 0 unspecified atom stereocenters. The Bertz CT molecular complexity index is 506. The van der Waals surface area contributed by atoms with Crippen LogP contribution in [0.1, 0.15) is 11.1 Å². The summed E-state index contributed by atoms with van der Waals surface area (Å²) in [6, 6.07) is 14.6. The number of hydrogen-bond donors (Lipinski definition) is 1. The Morgan fingerprint density at radius 2 is 1.71 bits per heavy atom. The molecule has 0 aliphatic carbocycles. The molecule has 0 fully saturated rings. The summed E-state index contributed by atoms with van der Waals surface area (Å²) in [6.45, 7) is 2.93. The SMILES string of the molecule is Cc1cc(NCc2ccc(Br)cc2)ccc1Br. The number of rotatable bonds is 3. The molecule has 0 aromatic heterocycles. The van der Waals surface area contributed by atoms with Crippen molar-refractivity contribution in [1.82, 2.24) is 0 Å². The van der Waals surface area contributed by atoms with E-state index < -0.39 is 0 Å². The molecule has 1 N–H and O–H groups in total. The van der Waals surface area contributed by atoms with Crippen molar-refractivity contribution in [3.63, 3.8) is 0 Å². The molecule has 1 nitrogen and oxygen atoms in total. The van der Waals surface area contributed by atoms with Crippen molar-refractivity contribution in [2.24, 2.45) is 0 Å². The van der Waals surface area contributed by atoms with E-state index in [2.05, 4.69) is 86.6 Å². The lowest BCUT2D eigenvalue weighted by Crippen LogP contribution is -1.99. The molecule has 88 valence electrons. The Balaban J connectivity index is 2.02.